The van der Waals surface area contributed by atoms with Crippen LogP contribution in [-0.4, -0.2) is 25.2 Å². The van der Waals surface area contributed by atoms with Crippen LogP contribution < -0.4 is 5.32 Å². The second kappa shape index (κ2) is 4.72. The summed E-state index contributed by atoms with van der Waals surface area (Å²) >= 11 is 0. The maximum Gasteiger partial charge on any atom is 0.226 e. The van der Waals surface area contributed by atoms with Crippen LogP contribution in [0.3, 0.4) is 0 Å². The fourth-order valence-electron chi connectivity index (χ4n) is 3.35. The van der Waals surface area contributed by atoms with Gasteiger partial charge in [-0.3, -0.25) is 9.48 Å². The van der Waals surface area contributed by atoms with E-state index in [1.54, 1.807) is 0 Å². The number of rotatable bonds is 2. The Balaban J connectivity index is 1.80. The van der Waals surface area contributed by atoms with Gasteiger partial charge < -0.3 is 9.88 Å². The number of imidazole rings is 1. The van der Waals surface area contributed by atoms with Gasteiger partial charge in [0.25, 0.3) is 0 Å². The standard InChI is InChI=1S/C15H19N5O/c1-2-19-9-10(8-16-19)11-7-13(21)18-15-14(11)17-12-5-3-4-6-20(12)15/h8-9,11H,2-7H2,1H3,(H,18,21)/t11-/m0/s1. The van der Waals surface area contributed by atoms with Crippen molar-refractivity contribution < 1.29 is 4.79 Å². The lowest BCUT2D eigenvalue weighted by Gasteiger charge is -2.23. The molecule has 0 fully saturated rings. The fraction of sp³-hybridized carbons (Fsp3) is 0.533. The van der Waals surface area contributed by atoms with Gasteiger partial charge >= 0.3 is 0 Å². The Hall–Kier alpha value is -2.11. The number of carbonyl (C=O) groups is 1. The van der Waals surface area contributed by atoms with Crippen LogP contribution in [0, 0.1) is 0 Å². The number of anilines is 1. The van der Waals surface area contributed by atoms with Crippen molar-refractivity contribution in [3.05, 3.63) is 29.5 Å². The molecule has 6 heteroatoms. The van der Waals surface area contributed by atoms with E-state index in [0.29, 0.717) is 6.42 Å². The second-order valence-electron chi connectivity index (χ2n) is 5.80. The smallest absolute Gasteiger partial charge is 0.226 e. The van der Waals surface area contributed by atoms with Crippen molar-refractivity contribution >= 4 is 11.7 Å². The SMILES string of the molecule is CCn1cc([C@@H]2CC(=O)Nc3c2nc2n3CCCC2)cn1. The number of carbonyl (C=O) groups excluding carboxylic acids is 1. The predicted octanol–water partition coefficient (Wildman–Crippen LogP) is 1.91. The minimum atomic E-state index is 0.0344. The number of nitrogens with one attached hydrogen (secondary N) is 1. The third-order valence-corrected chi connectivity index (χ3v) is 4.46. The second-order valence-corrected chi connectivity index (χ2v) is 5.80. The van der Waals surface area contributed by atoms with Crippen LogP contribution in [0.5, 0.6) is 0 Å². The van der Waals surface area contributed by atoms with Crippen molar-refractivity contribution in [1.82, 2.24) is 19.3 Å². The van der Waals surface area contributed by atoms with E-state index in [0.717, 1.165) is 48.8 Å². The van der Waals surface area contributed by atoms with Crippen molar-refractivity contribution in [2.75, 3.05) is 5.32 Å². The van der Waals surface area contributed by atoms with E-state index in [4.69, 9.17) is 4.98 Å². The maximum atomic E-state index is 12.1. The highest BCUT2D eigenvalue weighted by Crippen LogP contribution is 2.38. The third kappa shape index (κ3) is 1.97. The average Bonchev–Trinajstić information content (AvgIpc) is 3.11. The first-order chi connectivity index (χ1) is 10.3. The molecular formula is C15H19N5O. The summed E-state index contributed by atoms with van der Waals surface area (Å²) in [6.45, 7) is 3.86. The van der Waals surface area contributed by atoms with E-state index < -0.39 is 0 Å². The minimum absolute atomic E-state index is 0.0344. The number of fused-ring (bicyclic) bond motifs is 3. The van der Waals surface area contributed by atoms with Crippen molar-refractivity contribution in [3.63, 3.8) is 0 Å². The first kappa shape index (κ1) is 12.6. The summed E-state index contributed by atoms with van der Waals surface area (Å²) in [6, 6.07) is 0. The largest absolute Gasteiger partial charge is 0.314 e. The molecule has 2 aliphatic rings. The van der Waals surface area contributed by atoms with Crippen LogP contribution in [0.2, 0.25) is 0 Å². The highest BCUT2D eigenvalue weighted by atomic mass is 16.1. The third-order valence-electron chi connectivity index (χ3n) is 4.46. The van der Waals surface area contributed by atoms with Gasteiger partial charge in [-0.05, 0) is 25.3 Å². The van der Waals surface area contributed by atoms with Crippen molar-refractivity contribution in [2.45, 2.75) is 51.6 Å². The van der Waals surface area contributed by atoms with E-state index in [1.165, 1.54) is 6.42 Å². The molecule has 0 saturated carbocycles. The van der Waals surface area contributed by atoms with E-state index in [9.17, 15) is 4.79 Å². The van der Waals surface area contributed by atoms with Crippen LogP contribution in [0.25, 0.3) is 0 Å². The summed E-state index contributed by atoms with van der Waals surface area (Å²) in [5, 5.41) is 7.36. The summed E-state index contributed by atoms with van der Waals surface area (Å²) in [5.74, 6) is 2.13. The van der Waals surface area contributed by atoms with E-state index >= 15 is 0 Å². The molecule has 4 heterocycles. The maximum absolute atomic E-state index is 12.1. The zero-order chi connectivity index (χ0) is 14.4. The number of aromatic nitrogens is 4. The minimum Gasteiger partial charge on any atom is -0.314 e. The highest BCUT2D eigenvalue weighted by molar-refractivity contribution is 5.94. The number of hydrogen-bond donors (Lipinski definition) is 1. The molecule has 4 rings (SSSR count). The first-order valence-electron chi connectivity index (χ1n) is 7.67. The lowest BCUT2D eigenvalue weighted by molar-refractivity contribution is -0.116. The lowest BCUT2D eigenvalue weighted by atomic mass is 9.92. The molecule has 0 radical (unpaired) electrons. The van der Waals surface area contributed by atoms with E-state index in [-0.39, 0.29) is 11.8 Å². The summed E-state index contributed by atoms with van der Waals surface area (Å²) in [7, 11) is 0. The van der Waals surface area contributed by atoms with Gasteiger partial charge in [0.15, 0.2) is 0 Å². The quantitative estimate of drug-likeness (QED) is 0.916. The van der Waals surface area contributed by atoms with Gasteiger partial charge in [-0.25, -0.2) is 4.98 Å². The Morgan fingerprint density at radius 1 is 1.43 bits per heavy atom. The number of aryl methyl sites for hydroxylation is 2. The molecule has 1 amide bonds. The van der Waals surface area contributed by atoms with Crippen LogP contribution in [0.1, 0.15) is 49.2 Å². The molecule has 2 aromatic heterocycles. The highest BCUT2D eigenvalue weighted by Gasteiger charge is 2.33. The molecule has 0 aliphatic carbocycles. The number of amides is 1. The van der Waals surface area contributed by atoms with Crippen LogP contribution in [0.4, 0.5) is 5.82 Å². The molecule has 0 saturated heterocycles. The molecule has 2 aromatic rings. The van der Waals surface area contributed by atoms with Crippen LogP contribution in [-0.2, 0) is 24.3 Å². The summed E-state index contributed by atoms with van der Waals surface area (Å²) in [4.78, 5) is 16.9. The van der Waals surface area contributed by atoms with E-state index in [1.807, 2.05) is 17.1 Å². The Labute approximate surface area is 123 Å². The van der Waals surface area contributed by atoms with Gasteiger partial charge in [-0.1, -0.05) is 0 Å². The Morgan fingerprint density at radius 2 is 2.33 bits per heavy atom. The van der Waals surface area contributed by atoms with Gasteiger partial charge in [-0.15, -0.1) is 0 Å². The molecule has 6 nitrogen and oxygen atoms in total. The number of hydrogen-bond acceptors (Lipinski definition) is 3. The molecule has 0 bridgehead atoms. The molecule has 110 valence electrons. The molecule has 1 atom stereocenters. The normalized spacial score (nSPS) is 20.8. The predicted molar refractivity (Wildman–Crippen MR) is 78.2 cm³/mol. The first-order valence-corrected chi connectivity index (χ1v) is 7.67. The zero-order valence-electron chi connectivity index (χ0n) is 12.2. The van der Waals surface area contributed by atoms with E-state index in [2.05, 4.69) is 21.9 Å². The summed E-state index contributed by atoms with van der Waals surface area (Å²) in [5.41, 5.74) is 2.10. The van der Waals surface area contributed by atoms with Gasteiger partial charge in [0, 0.05) is 38.0 Å². The Morgan fingerprint density at radius 3 is 3.14 bits per heavy atom. The van der Waals surface area contributed by atoms with Gasteiger partial charge in [0.05, 0.1) is 11.9 Å². The lowest BCUT2D eigenvalue weighted by Crippen LogP contribution is -2.25. The molecular weight excluding hydrogens is 266 g/mol. The van der Waals surface area contributed by atoms with Crippen molar-refractivity contribution in [3.8, 4) is 0 Å². The summed E-state index contributed by atoms with van der Waals surface area (Å²) in [6.07, 6.45) is 7.70. The van der Waals surface area contributed by atoms with Crippen LogP contribution in [0.15, 0.2) is 12.4 Å². The molecule has 2 aliphatic heterocycles. The zero-order valence-corrected chi connectivity index (χ0v) is 12.2. The Bertz CT molecular complexity index is 699. The number of nitrogens with zero attached hydrogens (tertiary/aromatic N) is 4. The molecule has 0 unspecified atom stereocenters. The van der Waals surface area contributed by atoms with Gasteiger partial charge in [0.1, 0.15) is 11.6 Å². The van der Waals surface area contributed by atoms with Crippen molar-refractivity contribution in [2.24, 2.45) is 0 Å². The Kier molecular flexibility index (Phi) is 2.83. The molecule has 21 heavy (non-hydrogen) atoms. The molecule has 0 aromatic carbocycles. The van der Waals surface area contributed by atoms with Gasteiger partial charge in [0.2, 0.25) is 5.91 Å². The fourth-order valence-corrected chi connectivity index (χ4v) is 3.35. The van der Waals surface area contributed by atoms with Gasteiger partial charge in [-0.2, -0.15) is 5.10 Å². The molecule has 1 N–H and O–H groups in total. The topological polar surface area (TPSA) is 64.7 Å². The average molecular weight is 285 g/mol. The summed E-state index contributed by atoms with van der Waals surface area (Å²) < 4.78 is 4.09. The molecule has 0 spiro atoms. The van der Waals surface area contributed by atoms with Crippen molar-refractivity contribution in [1.29, 1.82) is 0 Å². The monoisotopic (exact) mass is 285 g/mol. The van der Waals surface area contributed by atoms with Crippen LogP contribution >= 0.6 is 0 Å².